The first-order valence-corrected chi connectivity index (χ1v) is 9.48. The van der Waals surface area contributed by atoms with Crippen LogP contribution in [0.1, 0.15) is 16.7 Å². The third-order valence-corrected chi connectivity index (χ3v) is 5.52. The molecule has 1 aliphatic heterocycles. The van der Waals surface area contributed by atoms with E-state index in [0.717, 1.165) is 21.7 Å². The molecule has 138 valence electrons. The van der Waals surface area contributed by atoms with Crippen LogP contribution in [-0.2, 0) is 4.79 Å². The zero-order valence-electron chi connectivity index (χ0n) is 15.0. The molecule has 0 bridgehead atoms. The maximum atomic E-state index is 12.3. The molecule has 5 nitrogen and oxygen atoms in total. The molecule has 1 aliphatic rings. The minimum atomic E-state index is -0.388. The van der Waals surface area contributed by atoms with Crippen LogP contribution in [0.2, 0.25) is 0 Å². The lowest BCUT2D eigenvalue weighted by atomic mass is 10.0. The molecule has 0 aliphatic carbocycles. The number of hydrogen-bond acceptors (Lipinski definition) is 4. The standard InChI is InChI=1S/C22H16N2O3S/c1-14-6-9-16(10-7-14)28-21-11-8-15(13-20(21)24(26)27)12-18-17-4-2-3-5-19(17)23-22(18)25/h2-13H,1H3,(H,23,25)/b18-12-. The van der Waals surface area contributed by atoms with E-state index in [0.29, 0.717) is 16.0 Å². The second-order valence-corrected chi connectivity index (χ2v) is 7.57. The van der Waals surface area contributed by atoms with Crippen molar-refractivity contribution in [2.75, 3.05) is 5.32 Å². The molecule has 0 spiro atoms. The molecule has 0 atom stereocenters. The first-order chi connectivity index (χ1) is 13.5. The molecule has 4 rings (SSSR count). The SMILES string of the molecule is Cc1ccc(Sc2ccc(/C=C3\C(=O)Nc4ccccc43)cc2[N+](=O)[O-])cc1. The van der Waals surface area contributed by atoms with E-state index < -0.39 is 0 Å². The topological polar surface area (TPSA) is 72.2 Å². The highest BCUT2D eigenvalue weighted by Crippen LogP contribution is 2.37. The number of aryl methyl sites for hydroxylation is 1. The van der Waals surface area contributed by atoms with Gasteiger partial charge in [-0.1, -0.05) is 53.7 Å². The molecule has 1 heterocycles. The highest BCUT2D eigenvalue weighted by Gasteiger charge is 2.24. The van der Waals surface area contributed by atoms with Gasteiger partial charge < -0.3 is 5.32 Å². The fourth-order valence-corrected chi connectivity index (χ4v) is 3.94. The van der Waals surface area contributed by atoms with Crippen LogP contribution in [0, 0.1) is 17.0 Å². The number of para-hydroxylation sites is 1. The van der Waals surface area contributed by atoms with Crippen LogP contribution in [0.4, 0.5) is 11.4 Å². The van der Waals surface area contributed by atoms with Crippen LogP contribution in [0.5, 0.6) is 0 Å². The number of carbonyl (C=O) groups is 1. The van der Waals surface area contributed by atoms with E-state index in [2.05, 4.69) is 5.32 Å². The number of nitrogens with zero attached hydrogens (tertiary/aromatic N) is 1. The molecule has 6 heteroatoms. The summed E-state index contributed by atoms with van der Waals surface area (Å²) in [4.78, 5) is 25.0. The van der Waals surface area contributed by atoms with Crippen molar-refractivity contribution >= 4 is 40.7 Å². The highest BCUT2D eigenvalue weighted by molar-refractivity contribution is 7.99. The van der Waals surface area contributed by atoms with E-state index in [9.17, 15) is 14.9 Å². The maximum Gasteiger partial charge on any atom is 0.283 e. The lowest BCUT2D eigenvalue weighted by Crippen LogP contribution is -2.03. The molecule has 28 heavy (non-hydrogen) atoms. The van der Waals surface area contributed by atoms with Crippen molar-refractivity contribution in [1.82, 2.24) is 0 Å². The quantitative estimate of drug-likeness (QED) is 0.361. The summed E-state index contributed by atoms with van der Waals surface area (Å²) < 4.78 is 0. The van der Waals surface area contributed by atoms with E-state index in [1.807, 2.05) is 55.5 Å². The van der Waals surface area contributed by atoms with Gasteiger partial charge in [-0.2, -0.15) is 0 Å². The molecule has 3 aromatic carbocycles. The van der Waals surface area contributed by atoms with Crippen LogP contribution in [0.3, 0.4) is 0 Å². The minimum Gasteiger partial charge on any atom is -0.321 e. The first-order valence-electron chi connectivity index (χ1n) is 8.67. The largest absolute Gasteiger partial charge is 0.321 e. The van der Waals surface area contributed by atoms with Gasteiger partial charge in [0.1, 0.15) is 0 Å². The Hall–Kier alpha value is -3.38. The van der Waals surface area contributed by atoms with Crippen molar-refractivity contribution < 1.29 is 9.72 Å². The summed E-state index contributed by atoms with van der Waals surface area (Å²) in [7, 11) is 0. The van der Waals surface area contributed by atoms with Crippen LogP contribution in [0.25, 0.3) is 11.6 Å². The van der Waals surface area contributed by atoms with Gasteiger partial charge in [0.2, 0.25) is 0 Å². The normalized spacial score (nSPS) is 14.0. The van der Waals surface area contributed by atoms with E-state index in [1.165, 1.54) is 17.8 Å². The second kappa shape index (κ2) is 7.32. The van der Waals surface area contributed by atoms with Crippen molar-refractivity contribution in [3.8, 4) is 0 Å². The Bertz CT molecular complexity index is 1120. The molecule has 1 amide bonds. The van der Waals surface area contributed by atoms with Gasteiger partial charge in [-0.05, 0) is 42.8 Å². The molecular formula is C22H16N2O3S. The second-order valence-electron chi connectivity index (χ2n) is 6.46. The highest BCUT2D eigenvalue weighted by atomic mass is 32.2. The lowest BCUT2D eigenvalue weighted by molar-refractivity contribution is -0.387. The Balaban J connectivity index is 1.70. The van der Waals surface area contributed by atoms with Crippen LogP contribution in [-0.4, -0.2) is 10.8 Å². The lowest BCUT2D eigenvalue weighted by Gasteiger charge is -2.05. The molecule has 0 aromatic heterocycles. The van der Waals surface area contributed by atoms with Crippen LogP contribution in [0.15, 0.2) is 76.5 Å². The van der Waals surface area contributed by atoms with Gasteiger partial charge in [0, 0.05) is 27.8 Å². The number of amides is 1. The number of fused-ring (bicyclic) bond motifs is 1. The first kappa shape index (κ1) is 18.0. The molecule has 0 fully saturated rings. The number of nitro groups is 1. The third-order valence-electron chi connectivity index (χ3n) is 4.45. The van der Waals surface area contributed by atoms with Crippen molar-refractivity contribution in [2.45, 2.75) is 16.7 Å². The van der Waals surface area contributed by atoms with E-state index in [-0.39, 0.29) is 16.5 Å². The molecule has 0 unspecified atom stereocenters. The molecule has 1 N–H and O–H groups in total. The summed E-state index contributed by atoms with van der Waals surface area (Å²) in [6.07, 6.45) is 1.69. The van der Waals surface area contributed by atoms with Crippen molar-refractivity contribution in [3.05, 3.63) is 93.5 Å². The Labute approximate surface area is 166 Å². The zero-order valence-corrected chi connectivity index (χ0v) is 15.8. The summed E-state index contributed by atoms with van der Waals surface area (Å²) in [6, 6.07) is 20.3. The number of nitrogens with one attached hydrogen (secondary N) is 1. The predicted octanol–water partition coefficient (Wildman–Crippen LogP) is 5.55. The Morgan fingerprint density at radius 2 is 1.79 bits per heavy atom. The van der Waals surface area contributed by atoms with E-state index in [1.54, 1.807) is 18.2 Å². The fourth-order valence-electron chi connectivity index (χ4n) is 3.04. The molecular weight excluding hydrogens is 372 g/mol. The summed E-state index contributed by atoms with van der Waals surface area (Å²) in [5.41, 5.74) is 3.82. The summed E-state index contributed by atoms with van der Waals surface area (Å²) >= 11 is 1.35. The number of hydrogen-bond donors (Lipinski definition) is 1. The van der Waals surface area contributed by atoms with Crippen LogP contribution >= 0.6 is 11.8 Å². The number of carbonyl (C=O) groups excluding carboxylic acids is 1. The number of nitro benzene ring substituents is 1. The molecule has 0 radical (unpaired) electrons. The smallest absolute Gasteiger partial charge is 0.283 e. The third kappa shape index (κ3) is 3.54. The average molecular weight is 388 g/mol. The average Bonchev–Trinajstić information content (AvgIpc) is 3.00. The van der Waals surface area contributed by atoms with Crippen LogP contribution < -0.4 is 5.32 Å². The van der Waals surface area contributed by atoms with Gasteiger partial charge >= 0.3 is 0 Å². The summed E-state index contributed by atoms with van der Waals surface area (Å²) in [5.74, 6) is -0.207. The number of benzene rings is 3. The molecule has 3 aromatic rings. The predicted molar refractivity (Wildman–Crippen MR) is 111 cm³/mol. The van der Waals surface area contributed by atoms with Gasteiger partial charge in [0.25, 0.3) is 11.6 Å². The van der Waals surface area contributed by atoms with Gasteiger partial charge in [-0.25, -0.2) is 0 Å². The van der Waals surface area contributed by atoms with Crippen molar-refractivity contribution in [2.24, 2.45) is 0 Å². The van der Waals surface area contributed by atoms with E-state index in [4.69, 9.17) is 0 Å². The summed E-state index contributed by atoms with van der Waals surface area (Å²) in [6.45, 7) is 2.00. The Kier molecular flexibility index (Phi) is 4.71. The van der Waals surface area contributed by atoms with Gasteiger partial charge in [0.15, 0.2) is 0 Å². The van der Waals surface area contributed by atoms with Crippen molar-refractivity contribution in [1.29, 1.82) is 0 Å². The minimum absolute atomic E-state index is 0.0200. The number of anilines is 1. The fraction of sp³-hybridized carbons (Fsp3) is 0.0455. The molecule has 0 saturated heterocycles. The van der Waals surface area contributed by atoms with E-state index >= 15 is 0 Å². The maximum absolute atomic E-state index is 12.3. The number of rotatable bonds is 4. The monoisotopic (exact) mass is 388 g/mol. The molecule has 0 saturated carbocycles. The Morgan fingerprint density at radius 3 is 2.54 bits per heavy atom. The van der Waals surface area contributed by atoms with Crippen molar-refractivity contribution in [3.63, 3.8) is 0 Å². The summed E-state index contributed by atoms with van der Waals surface area (Å²) in [5, 5.41) is 14.4. The van der Waals surface area contributed by atoms with Gasteiger partial charge in [-0.15, -0.1) is 0 Å². The Morgan fingerprint density at radius 1 is 1.04 bits per heavy atom. The zero-order chi connectivity index (χ0) is 19.7. The van der Waals surface area contributed by atoms with Gasteiger partial charge in [-0.3, -0.25) is 14.9 Å². The van der Waals surface area contributed by atoms with Gasteiger partial charge in [0.05, 0.1) is 9.82 Å².